The second-order valence-electron chi connectivity index (χ2n) is 6.77. The number of aliphatic carboxylic acids is 1. The normalized spacial score (nSPS) is 21.8. The number of likely N-dealkylation sites (tertiary alicyclic amines) is 1. The third kappa shape index (κ3) is 4.21. The summed E-state index contributed by atoms with van der Waals surface area (Å²) in [6, 6.07) is 5.36. The molecule has 6 heteroatoms. The summed E-state index contributed by atoms with van der Waals surface area (Å²) >= 11 is 0. The number of carboxylic acid groups (broad SMARTS) is 1. The molecule has 1 fully saturated rings. The van der Waals surface area contributed by atoms with Crippen molar-refractivity contribution in [3.8, 4) is 0 Å². The summed E-state index contributed by atoms with van der Waals surface area (Å²) in [6.07, 6.45) is 0.0383. The largest absolute Gasteiger partial charge is 0.480 e. The number of carbonyl (C=O) groups excluding carboxylic acids is 1. The van der Waals surface area contributed by atoms with Crippen molar-refractivity contribution in [1.29, 1.82) is 0 Å². The predicted molar refractivity (Wildman–Crippen MR) is 82.7 cm³/mol. The molecule has 0 aliphatic carbocycles. The monoisotopic (exact) mass is 323 g/mol. The maximum Gasteiger partial charge on any atom is 0.411 e. The fourth-order valence-electron chi connectivity index (χ4n) is 2.83. The molecule has 2 atom stereocenters. The Hall–Kier alpha value is -2.11. The molecule has 0 bridgehead atoms. The number of hydrogen-bond donors (Lipinski definition) is 1. The third-order valence-corrected chi connectivity index (χ3v) is 3.86. The number of nitrogens with zero attached hydrogens (tertiary/aromatic N) is 1. The van der Waals surface area contributed by atoms with Gasteiger partial charge < -0.3 is 9.84 Å². The van der Waals surface area contributed by atoms with Gasteiger partial charge in [0.15, 0.2) is 0 Å². The van der Waals surface area contributed by atoms with Gasteiger partial charge in [-0.15, -0.1) is 0 Å². The first kappa shape index (κ1) is 17.2. The smallest absolute Gasteiger partial charge is 0.411 e. The van der Waals surface area contributed by atoms with E-state index in [9.17, 15) is 19.1 Å². The lowest BCUT2D eigenvalue weighted by Crippen LogP contribution is -2.51. The number of carbonyl (C=O) groups is 2. The van der Waals surface area contributed by atoms with E-state index in [1.807, 2.05) is 0 Å². The zero-order valence-corrected chi connectivity index (χ0v) is 13.6. The SMILES string of the molecule is CC(C)(C)OC(=O)N1CC[C@H](c2ccccc2F)C[C@@H]1C(=O)O. The molecule has 0 radical (unpaired) electrons. The molecule has 0 saturated carbocycles. The maximum absolute atomic E-state index is 13.9. The summed E-state index contributed by atoms with van der Waals surface area (Å²) in [5.41, 5.74) is -0.190. The van der Waals surface area contributed by atoms with Gasteiger partial charge in [-0.3, -0.25) is 4.90 Å². The van der Waals surface area contributed by atoms with Crippen molar-refractivity contribution >= 4 is 12.1 Å². The number of carboxylic acids is 1. The highest BCUT2D eigenvalue weighted by molar-refractivity contribution is 5.80. The highest BCUT2D eigenvalue weighted by atomic mass is 19.1. The van der Waals surface area contributed by atoms with Gasteiger partial charge in [0.1, 0.15) is 17.5 Å². The van der Waals surface area contributed by atoms with E-state index in [1.54, 1.807) is 39.0 Å². The quantitative estimate of drug-likeness (QED) is 0.906. The van der Waals surface area contributed by atoms with E-state index in [0.717, 1.165) is 0 Å². The first-order chi connectivity index (χ1) is 10.7. The summed E-state index contributed by atoms with van der Waals surface area (Å²) in [4.78, 5) is 25.0. The lowest BCUT2D eigenvalue weighted by Gasteiger charge is -2.38. The van der Waals surface area contributed by atoms with Crippen molar-refractivity contribution in [3.63, 3.8) is 0 Å². The predicted octanol–water partition coefficient (Wildman–Crippen LogP) is 3.39. The van der Waals surface area contributed by atoms with Crippen molar-refractivity contribution in [3.05, 3.63) is 35.6 Å². The Labute approximate surface area is 135 Å². The lowest BCUT2D eigenvalue weighted by molar-refractivity contribution is -0.144. The topological polar surface area (TPSA) is 66.8 Å². The van der Waals surface area contributed by atoms with Crippen molar-refractivity contribution in [2.45, 2.75) is 51.2 Å². The van der Waals surface area contributed by atoms with Crippen molar-refractivity contribution in [1.82, 2.24) is 4.90 Å². The molecule has 0 aromatic heterocycles. The minimum Gasteiger partial charge on any atom is -0.480 e. The van der Waals surface area contributed by atoms with E-state index < -0.39 is 23.7 Å². The summed E-state index contributed by atoms with van der Waals surface area (Å²) in [5.74, 6) is -1.67. The minimum atomic E-state index is -1.10. The molecule has 126 valence electrons. The van der Waals surface area contributed by atoms with Crippen LogP contribution < -0.4 is 0 Å². The van der Waals surface area contributed by atoms with Crippen LogP contribution in [0.1, 0.15) is 45.1 Å². The number of rotatable bonds is 2. The van der Waals surface area contributed by atoms with Crippen LogP contribution in [0.15, 0.2) is 24.3 Å². The molecule has 0 unspecified atom stereocenters. The lowest BCUT2D eigenvalue weighted by atomic mass is 9.85. The number of benzene rings is 1. The fraction of sp³-hybridized carbons (Fsp3) is 0.529. The second-order valence-corrected chi connectivity index (χ2v) is 6.77. The Bertz CT molecular complexity index is 597. The second kappa shape index (κ2) is 6.56. The fourth-order valence-corrected chi connectivity index (χ4v) is 2.83. The van der Waals surface area contributed by atoms with Gasteiger partial charge >= 0.3 is 12.1 Å². The third-order valence-electron chi connectivity index (χ3n) is 3.86. The molecule has 1 aliphatic rings. The van der Waals surface area contributed by atoms with E-state index >= 15 is 0 Å². The van der Waals surface area contributed by atoms with Gasteiger partial charge in [0.2, 0.25) is 0 Å². The molecule has 1 amide bonds. The molecule has 1 aliphatic heterocycles. The molecule has 1 aromatic carbocycles. The standard InChI is InChI=1S/C17H22FNO4/c1-17(2,3)23-16(22)19-9-8-11(10-14(19)15(20)21)12-6-4-5-7-13(12)18/h4-7,11,14H,8-10H2,1-3H3,(H,20,21)/t11-,14+/m0/s1. The van der Waals surface area contributed by atoms with Gasteiger partial charge in [-0.05, 0) is 51.2 Å². The highest BCUT2D eigenvalue weighted by Gasteiger charge is 2.39. The molecular formula is C17H22FNO4. The molecule has 5 nitrogen and oxygen atoms in total. The number of halogens is 1. The van der Waals surface area contributed by atoms with Crippen LogP contribution in [0, 0.1) is 5.82 Å². The van der Waals surface area contributed by atoms with Crippen molar-refractivity contribution in [2.24, 2.45) is 0 Å². The van der Waals surface area contributed by atoms with Crippen LogP contribution in [-0.4, -0.2) is 40.3 Å². The molecule has 1 N–H and O–H groups in total. The summed E-state index contributed by atoms with van der Waals surface area (Å²) in [5, 5.41) is 9.45. The van der Waals surface area contributed by atoms with Crippen LogP contribution in [0.25, 0.3) is 0 Å². The van der Waals surface area contributed by atoms with Crippen LogP contribution in [0.3, 0.4) is 0 Å². The zero-order chi connectivity index (χ0) is 17.2. The van der Waals surface area contributed by atoms with Crippen LogP contribution in [0.5, 0.6) is 0 Å². The summed E-state index contributed by atoms with van der Waals surface area (Å²) in [6.45, 7) is 5.41. The van der Waals surface area contributed by atoms with Gasteiger partial charge in [-0.1, -0.05) is 18.2 Å². The number of hydrogen-bond acceptors (Lipinski definition) is 3. The Kier molecular flexibility index (Phi) is 4.92. The first-order valence-corrected chi connectivity index (χ1v) is 7.66. The Morgan fingerprint density at radius 2 is 1.96 bits per heavy atom. The molecule has 1 saturated heterocycles. The molecule has 1 heterocycles. The van der Waals surface area contributed by atoms with Crippen LogP contribution in [0.4, 0.5) is 9.18 Å². The molecule has 1 aromatic rings. The Morgan fingerprint density at radius 1 is 1.30 bits per heavy atom. The maximum atomic E-state index is 13.9. The Balaban J connectivity index is 2.17. The number of amides is 1. The average Bonchev–Trinajstić information content (AvgIpc) is 2.45. The Morgan fingerprint density at radius 3 is 2.52 bits per heavy atom. The average molecular weight is 323 g/mol. The van der Waals surface area contributed by atoms with Gasteiger partial charge in [0.05, 0.1) is 0 Å². The van der Waals surface area contributed by atoms with Gasteiger partial charge in [-0.25, -0.2) is 14.0 Å². The van der Waals surface area contributed by atoms with Gasteiger partial charge in [-0.2, -0.15) is 0 Å². The minimum absolute atomic E-state index is 0.176. The van der Waals surface area contributed by atoms with Crippen molar-refractivity contribution in [2.75, 3.05) is 6.54 Å². The number of ether oxygens (including phenoxy) is 1. The molecule has 0 spiro atoms. The molecule has 2 rings (SSSR count). The highest BCUT2D eigenvalue weighted by Crippen LogP contribution is 2.33. The summed E-state index contributed by atoms with van der Waals surface area (Å²) in [7, 11) is 0. The van der Waals surface area contributed by atoms with Gasteiger partial charge in [0.25, 0.3) is 0 Å². The molecule has 23 heavy (non-hydrogen) atoms. The number of piperidine rings is 1. The van der Waals surface area contributed by atoms with Crippen molar-refractivity contribution < 1.29 is 23.8 Å². The van der Waals surface area contributed by atoms with E-state index in [0.29, 0.717) is 12.0 Å². The van der Waals surface area contributed by atoms with Crippen LogP contribution in [0.2, 0.25) is 0 Å². The van der Waals surface area contributed by atoms with Crippen LogP contribution in [-0.2, 0) is 9.53 Å². The van der Waals surface area contributed by atoms with E-state index in [2.05, 4.69) is 0 Å². The summed E-state index contributed by atoms with van der Waals surface area (Å²) < 4.78 is 19.2. The van der Waals surface area contributed by atoms with Crippen LogP contribution >= 0.6 is 0 Å². The van der Waals surface area contributed by atoms with E-state index in [4.69, 9.17) is 4.74 Å². The molecular weight excluding hydrogens is 301 g/mol. The van der Waals surface area contributed by atoms with E-state index in [1.165, 1.54) is 11.0 Å². The first-order valence-electron chi connectivity index (χ1n) is 7.66. The van der Waals surface area contributed by atoms with Gasteiger partial charge in [0, 0.05) is 6.54 Å². The van der Waals surface area contributed by atoms with E-state index in [-0.39, 0.29) is 24.7 Å². The zero-order valence-electron chi connectivity index (χ0n) is 13.6.